The minimum Gasteiger partial charge on any atom is -0.390 e. The molecule has 1 saturated heterocycles. The fourth-order valence-electron chi connectivity index (χ4n) is 0.773. The van der Waals surface area contributed by atoms with E-state index in [-0.39, 0.29) is 10.5 Å². The molecule has 10 heavy (non-hydrogen) atoms. The normalized spacial score (nSPS) is 49.2. The van der Waals surface area contributed by atoms with E-state index in [0.717, 1.165) is 0 Å². The monoisotopic (exact) mass is 260 g/mol. The highest BCUT2D eigenvalue weighted by molar-refractivity contribution is 14.1. The zero-order valence-corrected chi connectivity index (χ0v) is 7.30. The molecule has 0 bridgehead atoms. The van der Waals surface area contributed by atoms with Gasteiger partial charge in [0.05, 0.1) is 16.6 Å². The zero-order valence-electron chi connectivity index (χ0n) is 5.14. The van der Waals surface area contributed by atoms with Crippen molar-refractivity contribution in [1.29, 1.82) is 0 Å². The van der Waals surface area contributed by atoms with E-state index >= 15 is 0 Å². The maximum Gasteiger partial charge on any atom is 0.182 e. The molecule has 4 atom stereocenters. The second-order valence-electron chi connectivity index (χ2n) is 2.23. The van der Waals surface area contributed by atoms with Gasteiger partial charge in [0, 0.05) is 0 Å². The van der Waals surface area contributed by atoms with Crippen LogP contribution in [-0.4, -0.2) is 44.3 Å². The summed E-state index contributed by atoms with van der Waals surface area (Å²) in [7, 11) is 0. The van der Waals surface area contributed by atoms with Gasteiger partial charge in [-0.3, -0.25) is 0 Å². The first-order valence-corrected chi connectivity index (χ1v) is 4.17. The summed E-state index contributed by atoms with van der Waals surface area (Å²) in [5.74, 6) is 0. The number of ether oxygens (including phenoxy) is 1. The minimum absolute atomic E-state index is 0.0891. The Morgan fingerprint density at radius 3 is 2.40 bits per heavy atom. The largest absolute Gasteiger partial charge is 0.390 e. The fourth-order valence-corrected chi connectivity index (χ4v) is 1.34. The van der Waals surface area contributed by atoms with Gasteiger partial charge in [0.25, 0.3) is 0 Å². The van der Waals surface area contributed by atoms with Gasteiger partial charge in [-0.25, -0.2) is 0 Å². The van der Waals surface area contributed by atoms with Gasteiger partial charge >= 0.3 is 0 Å². The number of alkyl halides is 1. The highest BCUT2D eigenvalue weighted by atomic mass is 127. The molecule has 0 saturated carbocycles. The highest BCUT2D eigenvalue weighted by Gasteiger charge is 2.35. The molecule has 0 aromatic heterocycles. The van der Waals surface area contributed by atoms with Crippen molar-refractivity contribution < 1.29 is 20.1 Å². The van der Waals surface area contributed by atoms with E-state index in [0.29, 0.717) is 0 Å². The van der Waals surface area contributed by atoms with E-state index in [4.69, 9.17) is 15.3 Å². The molecule has 4 nitrogen and oxygen atoms in total. The lowest BCUT2D eigenvalue weighted by Crippen LogP contribution is -2.49. The lowest BCUT2D eigenvalue weighted by Gasteiger charge is -2.31. The first-order valence-electron chi connectivity index (χ1n) is 2.93. The van der Waals surface area contributed by atoms with E-state index in [1.165, 1.54) is 0 Å². The van der Waals surface area contributed by atoms with Crippen molar-refractivity contribution in [3.63, 3.8) is 0 Å². The number of halogens is 1. The fraction of sp³-hybridized carbons (Fsp3) is 1.00. The van der Waals surface area contributed by atoms with Crippen molar-refractivity contribution in [3.05, 3.63) is 0 Å². The molecule has 60 valence electrons. The summed E-state index contributed by atoms with van der Waals surface area (Å²) in [5, 5.41) is 27.0. The molecule has 1 fully saturated rings. The molecule has 1 aliphatic rings. The van der Waals surface area contributed by atoms with Crippen molar-refractivity contribution >= 4 is 22.6 Å². The Hall–Kier alpha value is 0.570. The zero-order chi connectivity index (χ0) is 7.72. The van der Waals surface area contributed by atoms with Crippen LogP contribution in [0.15, 0.2) is 0 Å². The van der Waals surface area contributed by atoms with Crippen molar-refractivity contribution in [3.8, 4) is 0 Å². The average molecular weight is 260 g/mol. The minimum atomic E-state index is -1.15. The molecular weight excluding hydrogens is 251 g/mol. The molecule has 1 rings (SSSR count). The maximum atomic E-state index is 9.07. The van der Waals surface area contributed by atoms with Gasteiger partial charge in [0.1, 0.15) is 6.10 Å². The molecule has 3 N–H and O–H groups in total. The third kappa shape index (κ3) is 1.59. The summed E-state index contributed by atoms with van der Waals surface area (Å²) in [6.45, 7) is 0.0891. The van der Waals surface area contributed by atoms with E-state index in [1.807, 2.05) is 22.6 Å². The third-order valence-corrected chi connectivity index (χ3v) is 2.99. The summed E-state index contributed by atoms with van der Waals surface area (Å²) in [5.41, 5.74) is 0. The Balaban J connectivity index is 2.52. The molecule has 0 aliphatic carbocycles. The van der Waals surface area contributed by atoms with E-state index in [9.17, 15) is 0 Å². The van der Waals surface area contributed by atoms with E-state index < -0.39 is 18.5 Å². The second-order valence-corrected chi connectivity index (χ2v) is 3.66. The van der Waals surface area contributed by atoms with Crippen LogP contribution in [0.5, 0.6) is 0 Å². The van der Waals surface area contributed by atoms with Gasteiger partial charge in [-0.05, 0) is 0 Å². The van der Waals surface area contributed by atoms with Crippen LogP contribution in [-0.2, 0) is 4.74 Å². The summed E-state index contributed by atoms with van der Waals surface area (Å²) >= 11 is 1.88. The summed E-state index contributed by atoms with van der Waals surface area (Å²) in [4.78, 5) is 0. The van der Waals surface area contributed by atoms with Gasteiger partial charge in [0.15, 0.2) is 6.29 Å². The molecule has 0 unspecified atom stereocenters. The van der Waals surface area contributed by atoms with Gasteiger partial charge < -0.3 is 20.1 Å². The highest BCUT2D eigenvalue weighted by Crippen LogP contribution is 2.20. The Bertz CT molecular complexity index is 106. The number of hydrogen-bond acceptors (Lipinski definition) is 4. The Labute approximate surface area is 72.0 Å². The first kappa shape index (κ1) is 8.66. The Morgan fingerprint density at radius 1 is 1.30 bits per heavy atom. The molecular formula is C5H9IO4. The van der Waals surface area contributed by atoms with Gasteiger partial charge in [-0.15, -0.1) is 0 Å². The van der Waals surface area contributed by atoms with Crippen molar-refractivity contribution in [1.82, 2.24) is 0 Å². The topological polar surface area (TPSA) is 69.9 Å². The first-order chi connectivity index (χ1) is 4.63. The summed E-state index contributed by atoms with van der Waals surface area (Å²) in [6, 6.07) is 0. The second kappa shape index (κ2) is 3.31. The lowest BCUT2D eigenvalue weighted by atomic mass is 10.1. The van der Waals surface area contributed by atoms with Gasteiger partial charge in [-0.2, -0.15) is 0 Å². The SMILES string of the molecule is O[C@@H]1[C@@H](I)[C@H](O)CO[C@@H]1O. The van der Waals surface area contributed by atoms with Crippen LogP contribution in [0.2, 0.25) is 0 Å². The molecule has 0 spiro atoms. The molecule has 0 radical (unpaired) electrons. The molecule has 0 aromatic carbocycles. The lowest BCUT2D eigenvalue weighted by molar-refractivity contribution is -0.205. The Kier molecular flexibility index (Phi) is 2.87. The maximum absolute atomic E-state index is 9.07. The molecule has 1 aliphatic heterocycles. The smallest absolute Gasteiger partial charge is 0.182 e. The third-order valence-electron chi connectivity index (χ3n) is 1.42. The summed E-state index contributed by atoms with van der Waals surface area (Å²) < 4.78 is 4.28. The van der Waals surface area contributed by atoms with Crippen LogP contribution in [0.4, 0.5) is 0 Å². The average Bonchev–Trinajstić information content (AvgIpc) is 1.93. The van der Waals surface area contributed by atoms with Crippen molar-refractivity contribution in [2.45, 2.75) is 22.4 Å². The van der Waals surface area contributed by atoms with Crippen LogP contribution < -0.4 is 0 Å². The van der Waals surface area contributed by atoms with Crippen molar-refractivity contribution in [2.24, 2.45) is 0 Å². The quantitative estimate of drug-likeness (QED) is 0.380. The predicted octanol–water partition coefficient (Wildman–Crippen LogP) is -1.14. The predicted molar refractivity (Wildman–Crippen MR) is 41.8 cm³/mol. The summed E-state index contributed by atoms with van der Waals surface area (Å²) in [6.07, 6.45) is -2.81. The standard InChI is InChI=1S/C5H9IO4/c6-3-2(7)1-10-5(9)4(3)8/h2-5,7-9H,1H2/t2-,3+,4-,5+/m1/s1. The molecule has 0 aromatic rings. The number of rotatable bonds is 0. The van der Waals surface area contributed by atoms with Crippen molar-refractivity contribution in [2.75, 3.05) is 6.61 Å². The molecule has 1 heterocycles. The number of aliphatic hydroxyl groups is 3. The molecule has 5 heteroatoms. The van der Waals surface area contributed by atoms with Gasteiger partial charge in [0.2, 0.25) is 0 Å². The van der Waals surface area contributed by atoms with Crippen LogP contribution in [0.1, 0.15) is 0 Å². The number of aliphatic hydroxyl groups excluding tert-OH is 3. The van der Waals surface area contributed by atoms with E-state index in [2.05, 4.69) is 4.74 Å². The number of hydrogen-bond donors (Lipinski definition) is 3. The van der Waals surface area contributed by atoms with Crippen LogP contribution in [0.25, 0.3) is 0 Å². The van der Waals surface area contributed by atoms with Crippen LogP contribution in [0.3, 0.4) is 0 Å². The Morgan fingerprint density at radius 2 is 1.90 bits per heavy atom. The van der Waals surface area contributed by atoms with Crippen LogP contribution in [0, 0.1) is 0 Å². The van der Waals surface area contributed by atoms with Crippen LogP contribution >= 0.6 is 22.6 Å². The van der Waals surface area contributed by atoms with E-state index in [1.54, 1.807) is 0 Å². The van der Waals surface area contributed by atoms with Gasteiger partial charge in [-0.1, -0.05) is 22.6 Å². The molecule has 0 amide bonds.